The molecule has 50 heavy (non-hydrogen) atoms. The van der Waals surface area contributed by atoms with Crippen LogP contribution in [0.5, 0.6) is 5.75 Å². The number of amides is 3. The van der Waals surface area contributed by atoms with E-state index in [1.807, 2.05) is 20.8 Å². The van der Waals surface area contributed by atoms with E-state index >= 15 is 0 Å². The first-order chi connectivity index (χ1) is 24.1. The lowest BCUT2D eigenvalue weighted by atomic mass is 10.0. The van der Waals surface area contributed by atoms with E-state index in [2.05, 4.69) is 25.8 Å². The summed E-state index contributed by atoms with van der Waals surface area (Å²) in [5.41, 5.74) is 1.67. The first kappa shape index (κ1) is 36.9. The van der Waals surface area contributed by atoms with Gasteiger partial charge in [-0.1, -0.05) is 33.6 Å². The Bertz CT molecular complexity index is 1520. The summed E-state index contributed by atoms with van der Waals surface area (Å²) in [6.07, 6.45) is 11.6. The molecular formula is C37H53N7O6. The van der Waals surface area contributed by atoms with Crippen molar-refractivity contribution < 1.29 is 28.7 Å². The van der Waals surface area contributed by atoms with Crippen LogP contribution in [-0.2, 0) is 19.1 Å². The summed E-state index contributed by atoms with van der Waals surface area (Å²) in [7, 11) is 3.30. The number of carbonyl (C=O) groups excluding carboxylic acids is 4. The Morgan fingerprint density at radius 3 is 2.46 bits per heavy atom. The third-order valence-corrected chi connectivity index (χ3v) is 9.90. The molecule has 1 aliphatic heterocycles. The molecule has 2 aliphatic carbocycles. The fraction of sp³-hybridized carbons (Fsp3) is 0.622. The Labute approximate surface area is 295 Å². The maximum atomic E-state index is 13.2. The van der Waals surface area contributed by atoms with Crippen molar-refractivity contribution in [3.8, 4) is 5.75 Å². The predicted molar refractivity (Wildman–Crippen MR) is 192 cm³/mol. The van der Waals surface area contributed by atoms with Gasteiger partial charge in [0, 0.05) is 31.6 Å². The van der Waals surface area contributed by atoms with E-state index in [4.69, 9.17) is 14.5 Å². The Kier molecular flexibility index (Phi) is 12.5. The second-order valence-electron chi connectivity index (χ2n) is 14.1. The average Bonchev–Trinajstić information content (AvgIpc) is 3.83. The number of hydrogen-bond acceptors (Lipinski definition) is 10. The van der Waals surface area contributed by atoms with E-state index in [0.29, 0.717) is 47.9 Å². The number of rotatable bonds is 15. The Morgan fingerprint density at radius 2 is 1.78 bits per heavy atom. The quantitative estimate of drug-likeness (QED) is 0.166. The molecule has 0 saturated heterocycles. The second kappa shape index (κ2) is 17.0. The number of esters is 1. The van der Waals surface area contributed by atoms with Gasteiger partial charge in [-0.2, -0.15) is 4.98 Å². The molecule has 13 nitrogen and oxygen atoms in total. The summed E-state index contributed by atoms with van der Waals surface area (Å²) in [5, 5.41) is 8.95. The van der Waals surface area contributed by atoms with Crippen LogP contribution in [0.3, 0.4) is 0 Å². The summed E-state index contributed by atoms with van der Waals surface area (Å²) in [5.74, 6) is 0.902. The van der Waals surface area contributed by atoms with Gasteiger partial charge in [-0.3, -0.25) is 14.4 Å². The fourth-order valence-electron chi connectivity index (χ4n) is 7.26. The van der Waals surface area contributed by atoms with Crippen molar-refractivity contribution >= 4 is 46.8 Å². The molecule has 2 heterocycles. The van der Waals surface area contributed by atoms with E-state index in [-0.39, 0.29) is 60.8 Å². The van der Waals surface area contributed by atoms with Gasteiger partial charge in [0.15, 0.2) is 5.82 Å². The summed E-state index contributed by atoms with van der Waals surface area (Å²) < 4.78 is 11.3. The van der Waals surface area contributed by atoms with Gasteiger partial charge in [0.05, 0.1) is 19.0 Å². The van der Waals surface area contributed by atoms with Gasteiger partial charge in [0.2, 0.25) is 17.8 Å². The summed E-state index contributed by atoms with van der Waals surface area (Å²) in [4.78, 5) is 64.9. The highest BCUT2D eigenvalue weighted by atomic mass is 16.5. The maximum absolute atomic E-state index is 13.2. The van der Waals surface area contributed by atoms with Crippen LogP contribution >= 0.6 is 0 Å². The first-order valence-corrected chi connectivity index (χ1v) is 18.3. The van der Waals surface area contributed by atoms with Crippen LogP contribution in [0.4, 0.5) is 23.1 Å². The lowest BCUT2D eigenvalue weighted by Gasteiger charge is -2.43. The van der Waals surface area contributed by atoms with Gasteiger partial charge in [0.25, 0.3) is 5.91 Å². The number of benzene rings is 1. The molecule has 0 unspecified atom stereocenters. The van der Waals surface area contributed by atoms with Gasteiger partial charge >= 0.3 is 5.97 Å². The molecule has 272 valence electrons. The lowest BCUT2D eigenvalue weighted by molar-refractivity contribution is -0.153. The minimum absolute atomic E-state index is 0.0547. The largest absolute Gasteiger partial charge is 0.495 e. The van der Waals surface area contributed by atoms with E-state index in [1.165, 1.54) is 7.11 Å². The van der Waals surface area contributed by atoms with Crippen LogP contribution in [-0.4, -0.2) is 78.6 Å². The predicted octanol–water partition coefficient (Wildman–Crippen LogP) is 5.26. The minimum Gasteiger partial charge on any atom is -0.495 e. The highest BCUT2D eigenvalue weighted by molar-refractivity contribution is 6.04. The van der Waals surface area contributed by atoms with Crippen LogP contribution in [0.2, 0.25) is 0 Å². The minimum atomic E-state index is -0.672. The molecule has 0 radical (unpaired) electrons. The van der Waals surface area contributed by atoms with Crippen molar-refractivity contribution in [2.45, 2.75) is 122 Å². The van der Waals surface area contributed by atoms with Crippen molar-refractivity contribution in [1.82, 2.24) is 20.6 Å². The van der Waals surface area contributed by atoms with Crippen molar-refractivity contribution in [3.63, 3.8) is 0 Å². The molecule has 0 bridgehead atoms. The van der Waals surface area contributed by atoms with Gasteiger partial charge in [-0.25, -0.2) is 9.78 Å². The number of aromatic nitrogens is 2. The summed E-state index contributed by atoms with van der Waals surface area (Å²) in [6, 6.07) is 4.37. The molecule has 1 aromatic heterocycles. The second-order valence-corrected chi connectivity index (χ2v) is 14.1. The van der Waals surface area contributed by atoms with Crippen LogP contribution in [0, 0.1) is 5.92 Å². The fourth-order valence-corrected chi connectivity index (χ4v) is 7.26. The normalized spacial score (nSPS) is 18.6. The topological polar surface area (TPSA) is 155 Å². The number of nitrogens with zero attached hydrogens (tertiary/aromatic N) is 4. The molecule has 2 saturated carbocycles. The Balaban J connectivity index is 1.17. The van der Waals surface area contributed by atoms with E-state index in [1.54, 1.807) is 36.3 Å². The van der Waals surface area contributed by atoms with Gasteiger partial charge < -0.3 is 35.2 Å². The van der Waals surface area contributed by atoms with E-state index in [0.717, 1.165) is 57.2 Å². The van der Waals surface area contributed by atoms with Crippen molar-refractivity contribution in [1.29, 1.82) is 0 Å². The molecular weight excluding hydrogens is 638 g/mol. The summed E-state index contributed by atoms with van der Waals surface area (Å²) in [6.45, 7) is 6.33. The van der Waals surface area contributed by atoms with Crippen LogP contribution in [0.1, 0.15) is 108 Å². The lowest BCUT2D eigenvalue weighted by Crippen LogP contribution is -2.55. The monoisotopic (exact) mass is 691 g/mol. The molecule has 13 heteroatoms. The van der Waals surface area contributed by atoms with Crippen LogP contribution in [0.25, 0.3) is 0 Å². The van der Waals surface area contributed by atoms with E-state index < -0.39 is 6.04 Å². The number of ether oxygens (including phenoxy) is 2. The molecule has 2 atom stereocenters. The smallest absolute Gasteiger partial charge is 0.328 e. The number of anilines is 4. The zero-order valence-electron chi connectivity index (χ0n) is 30.1. The SMILES string of the molecule is CC[C@@H]1C(=O)N(C)c2cnc(Nc3ccc(C(=O)NCCCC(=O)N[C@@H](CC(C)C)C(=O)OC4CCCC4)cc3OC)nc2N1C1CCCC1. The molecule has 3 amide bonds. The van der Waals surface area contributed by atoms with Crippen molar-refractivity contribution in [3.05, 3.63) is 30.0 Å². The van der Waals surface area contributed by atoms with Crippen LogP contribution < -0.4 is 30.5 Å². The highest BCUT2D eigenvalue weighted by Crippen LogP contribution is 2.40. The van der Waals surface area contributed by atoms with Gasteiger partial charge in [0.1, 0.15) is 29.6 Å². The van der Waals surface area contributed by atoms with Crippen molar-refractivity contribution in [2.75, 3.05) is 35.8 Å². The summed E-state index contributed by atoms with van der Waals surface area (Å²) >= 11 is 0. The van der Waals surface area contributed by atoms with E-state index in [9.17, 15) is 19.2 Å². The molecule has 5 rings (SSSR count). The number of carbonyl (C=O) groups is 4. The Hall–Kier alpha value is -4.42. The molecule has 0 spiro atoms. The standard InChI is InChI=1S/C37H53N7O6/c1-6-29-35(47)43(4)30-22-39-37(42-33(30)44(29)25-12-7-8-13-25)41-27-18-17-24(21-31(27)49-5)34(46)38-19-11-16-32(45)40-28(20-23(2)3)36(48)50-26-14-9-10-15-26/h17-18,21-23,25-26,28-29H,6-16,19-20H2,1-5H3,(H,38,46)(H,40,45)(H,39,41,42)/t28-,29+/m0/s1. The number of fused-ring (bicyclic) bond motifs is 1. The average molecular weight is 692 g/mol. The number of methoxy groups -OCH3 is 1. The molecule has 2 aromatic rings. The van der Waals surface area contributed by atoms with Crippen LogP contribution in [0.15, 0.2) is 24.4 Å². The molecule has 2 fully saturated rings. The number of hydrogen-bond donors (Lipinski definition) is 3. The molecule has 3 N–H and O–H groups in total. The third-order valence-electron chi connectivity index (χ3n) is 9.90. The Morgan fingerprint density at radius 1 is 1.06 bits per heavy atom. The van der Waals surface area contributed by atoms with Gasteiger partial charge in [-0.05, 0) is 81.9 Å². The molecule has 3 aliphatic rings. The first-order valence-electron chi connectivity index (χ1n) is 18.3. The van der Waals surface area contributed by atoms with Crippen molar-refractivity contribution in [2.24, 2.45) is 5.92 Å². The third kappa shape index (κ3) is 8.83. The maximum Gasteiger partial charge on any atom is 0.328 e. The number of nitrogens with one attached hydrogen (secondary N) is 3. The zero-order valence-corrected chi connectivity index (χ0v) is 30.1. The molecule has 1 aromatic carbocycles. The zero-order chi connectivity index (χ0) is 35.8. The van der Waals surface area contributed by atoms with Gasteiger partial charge in [-0.15, -0.1) is 0 Å². The highest BCUT2D eigenvalue weighted by Gasteiger charge is 2.41. The number of likely N-dealkylation sites (N-methyl/N-ethyl adjacent to an activating group) is 1.